The molecule has 3 heterocycles. The first-order chi connectivity index (χ1) is 14.1. The second-order valence-corrected chi connectivity index (χ2v) is 6.26. The molecule has 4 aromatic rings. The van der Waals surface area contributed by atoms with E-state index in [2.05, 4.69) is 15.3 Å². The largest absolute Gasteiger partial charge is 0.463 e. The van der Waals surface area contributed by atoms with Crippen LogP contribution in [0, 0.1) is 0 Å². The van der Waals surface area contributed by atoms with E-state index < -0.39 is 0 Å². The normalized spacial score (nSPS) is 10.6. The van der Waals surface area contributed by atoms with Gasteiger partial charge in [0.25, 0.3) is 5.56 Å². The van der Waals surface area contributed by atoms with Crippen molar-refractivity contribution in [3.63, 3.8) is 0 Å². The van der Waals surface area contributed by atoms with Gasteiger partial charge < -0.3 is 20.0 Å². The number of pyridine rings is 1. The average molecular weight is 387 g/mol. The topological polar surface area (TPSA) is 116 Å². The van der Waals surface area contributed by atoms with Crippen molar-refractivity contribution in [2.45, 2.75) is 6.54 Å². The van der Waals surface area contributed by atoms with E-state index in [-0.39, 0.29) is 24.0 Å². The Kier molecular flexibility index (Phi) is 4.90. The van der Waals surface area contributed by atoms with Crippen molar-refractivity contribution in [1.29, 1.82) is 0 Å². The van der Waals surface area contributed by atoms with Crippen molar-refractivity contribution in [2.24, 2.45) is 0 Å². The number of benzene rings is 1. The van der Waals surface area contributed by atoms with Crippen LogP contribution in [0.1, 0.15) is 0 Å². The summed E-state index contributed by atoms with van der Waals surface area (Å²) >= 11 is 0. The van der Waals surface area contributed by atoms with Crippen LogP contribution in [0.4, 0.5) is 11.6 Å². The summed E-state index contributed by atoms with van der Waals surface area (Å²) in [6.07, 6.45) is 4.63. The summed E-state index contributed by atoms with van der Waals surface area (Å²) in [5.41, 5.74) is 7.74. The molecule has 0 fully saturated rings. The third-order valence-electron chi connectivity index (χ3n) is 4.24. The van der Waals surface area contributed by atoms with E-state index in [9.17, 15) is 9.59 Å². The zero-order chi connectivity index (χ0) is 20.2. The van der Waals surface area contributed by atoms with Gasteiger partial charge in [-0.15, -0.1) is 0 Å². The first-order valence-corrected chi connectivity index (χ1v) is 8.82. The van der Waals surface area contributed by atoms with Gasteiger partial charge in [0.1, 0.15) is 12.2 Å². The maximum absolute atomic E-state index is 12.6. The lowest BCUT2D eigenvalue weighted by atomic mass is 10.1. The summed E-state index contributed by atoms with van der Waals surface area (Å²) in [4.78, 5) is 33.0. The van der Waals surface area contributed by atoms with Crippen molar-refractivity contribution in [2.75, 3.05) is 11.1 Å². The third kappa shape index (κ3) is 4.06. The Balaban J connectivity index is 1.60. The molecule has 1 amide bonds. The van der Waals surface area contributed by atoms with Crippen LogP contribution in [0.2, 0.25) is 0 Å². The molecule has 0 bridgehead atoms. The standard InChI is InChI=1S/C21H17N5O3/c22-21-23-12-16(20(25-21)17-7-4-10-29-17)14-8-9-26(19(28)11-14)13-18(27)24-15-5-2-1-3-6-15/h1-12H,13H2,(H,24,27)(H2,22,23,25). The van der Waals surface area contributed by atoms with E-state index in [4.69, 9.17) is 10.2 Å². The van der Waals surface area contributed by atoms with Gasteiger partial charge in [-0.05, 0) is 35.9 Å². The maximum Gasteiger partial charge on any atom is 0.251 e. The first kappa shape index (κ1) is 18.2. The fourth-order valence-corrected chi connectivity index (χ4v) is 2.89. The van der Waals surface area contributed by atoms with Gasteiger partial charge in [-0.3, -0.25) is 9.59 Å². The van der Waals surface area contributed by atoms with E-state index in [1.807, 2.05) is 18.2 Å². The van der Waals surface area contributed by atoms with Crippen LogP contribution < -0.4 is 16.6 Å². The molecule has 1 aromatic carbocycles. The molecule has 0 aliphatic carbocycles. The van der Waals surface area contributed by atoms with Gasteiger partial charge in [0.15, 0.2) is 5.76 Å². The Morgan fingerprint density at radius 3 is 2.69 bits per heavy atom. The number of nitrogens with one attached hydrogen (secondary N) is 1. The van der Waals surface area contributed by atoms with Gasteiger partial charge in [-0.2, -0.15) is 0 Å². The number of carbonyl (C=O) groups excluding carboxylic acids is 1. The Morgan fingerprint density at radius 1 is 1.14 bits per heavy atom. The number of hydrogen-bond donors (Lipinski definition) is 2. The summed E-state index contributed by atoms with van der Waals surface area (Å²) < 4.78 is 6.74. The molecule has 0 aliphatic rings. The van der Waals surface area contributed by atoms with Crippen LogP contribution in [0.25, 0.3) is 22.6 Å². The molecule has 0 atom stereocenters. The van der Waals surface area contributed by atoms with Crippen molar-refractivity contribution < 1.29 is 9.21 Å². The zero-order valence-corrected chi connectivity index (χ0v) is 15.3. The summed E-state index contributed by atoms with van der Waals surface area (Å²) in [6.45, 7) is -0.0999. The Labute approximate surface area is 165 Å². The number of hydrogen-bond acceptors (Lipinski definition) is 6. The fourth-order valence-electron chi connectivity index (χ4n) is 2.89. The number of furan rings is 1. The minimum absolute atomic E-state index is 0.0999. The van der Waals surface area contributed by atoms with Crippen molar-refractivity contribution in [1.82, 2.24) is 14.5 Å². The summed E-state index contributed by atoms with van der Waals surface area (Å²) in [6, 6.07) is 15.7. The molecule has 0 saturated carbocycles. The highest BCUT2D eigenvalue weighted by Gasteiger charge is 2.14. The molecule has 3 aromatic heterocycles. The molecule has 4 rings (SSSR count). The molecular formula is C21H17N5O3. The Hall–Kier alpha value is -4.20. The molecule has 8 heteroatoms. The molecule has 144 valence electrons. The quantitative estimate of drug-likeness (QED) is 0.544. The Bertz CT molecular complexity index is 1200. The monoisotopic (exact) mass is 387 g/mol. The number of aromatic nitrogens is 3. The van der Waals surface area contributed by atoms with Gasteiger partial charge in [0.05, 0.1) is 6.26 Å². The molecule has 0 unspecified atom stereocenters. The van der Waals surface area contributed by atoms with E-state index in [1.54, 1.807) is 42.7 Å². The maximum atomic E-state index is 12.6. The smallest absolute Gasteiger partial charge is 0.251 e. The molecular weight excluding hydrogens is 370 g/mol. The molecule has 8 nitrogen and oxygen atoms in total. The van der Waals surface area contributed by atoms with Crippen LogP contribution >= 0.6 is 0 Å². The molecule has 0 spiro atoms. The summed E-state index contributed by atoms with van der Waals surface area (Å²) in [7, 11) is 0. The minimum atomic E-state index is -0.326. The number of nitrogens with zero attached hydrogens (tertiary/aromatic N) is 3. The second kappa shape index (κ2) is 7.81. The zero-order valence-electron chi connectivity index (χ0n) is 15.3. The highest BCUT2D eigenvalue weighted by molar-refractivity contribution is 5.90. The van der Waals surface area contributed by atoms with Gasteiger partial charge in [0.2, 0.25) is 11.9 Å². The first-order valence-electron chi connectivity index (χ1n) is 8.82. The lowest BCUT2D eigenvalue weighted by Gasteiger charge is -2.10. The van der Waals surface area contributed by atoms with Crippen molar-refractivity contribution in [3.05, 3.63) is 83.6 Å². The van der Waals surface area contributed by atoms with E-state index >= 15 is 0 Å². The third-order valence-corrected chi connectivity index (χ3v) is 4.24. The number of para-hydroxylation sites is 1. The van der Waals surface area contributed by atoms with E-state index in [0.29, 0.717) is 28.3 Å². The predicted octanol–water partition coefficient (Wildman–Crippen LogP) is 2.79. The second-order valence-electron chi connectivity index (χ2n) is 6.26. The fraction of sp³-hybridized carbons (Fsp3) is 0.0476. The van der Waals surface area contributed by atoms with E-state index in [0.717, 1.165) is 0 Å². The number of carbonyl (C=O) groups is 1. The molecule has 0 aliphatic heterocycles. The molecule has 29 heavy (non-hydrogen) atoms. The number of nitrogens with two attached hydrogens (primary N) is 1. The number of anilines is 2. The average Bonchev–Trinajstić information content (AvgIpc) is 3.25. The number of amides is 1. The summed E-state index contributed by atoms with van der Waals surface area (Å²) in [5.74, 6) is 0.324. The molecule has 0 radical (unpaired) electrons. The van der Waals surface area contributed by atoms with Crippen LogP contribution in [0.15, 0.2) is 82.5 Å². The molecule has 0 saturated heterocycles. The van der Waals surface area contributed by atoms with E-state index in [1.165, 1.54) is 16.9 Å². The Morgan fingerprint density at radius 2 is 1.97 bits per heavy atom. The highest BCUT2D eigenvalue weighted by atomic mass is 16.3. The van der Waals surface area contributed by atoms with Crippen LogP contribution in [0.5, 0.6) is 0 Å². The lowest BCUT2D eigenvalue weighted by molar-refractivity contribution is -0.116. The van der Waals surface area contributed by atoms with Crippen LogP contribution in [0.3, 0.4) is 0 Å². The summed E-state index contributed by atoms with van der Waals surface area (Å²) in [5, 5.41) is 2.75. The SMILES string of the molecule is Nc1ncc(-c2ccn(CC(=O)Nc3ccccc3)c(=O)c2)c(-c2ccco2)n1. The van der Waals surface area contributed by atoms with Crippen molar-refractivity contribution >= 4 is 17.5 Å². The van der Waals surface area contributed by atoms with Gasteiger partial charge >= 0.3 is 0 Å². The number of nitrogen functional groups attached to an aromatic ring is 1. The van der Waals surface area contributed by atoms with Crippen LogP contribution in [-0.2, 0) is 11.3 Å². The molecule has 3 N–H and O–H groups in total. The van der Waals surface area contributed by atoms with Gasteiger partial charge in [0, 0.05) is 29.7 Å². The van der Waals surface area contributed by atoms with Crippen LogP contribution in [-0.4, -0.2) is 20.4 Å². The van der Waals surface area contributed by atoms with Gasteiger partial charge in [-0.25, -0.2) is 9.97 Å². The predicted molar refractivity (Wildman–Crippen MR) is 109 cm³/mol. The lowest BCUT2D eigenvalue weighted by Crippen LogP contribution is -2.26. The highest BCUT2D eigenvalue weighted by Crippen LogP contribution is 2.29. The van der Waals surface area contributed by atoms with Crippen molar-refractivity contribution in [3.8, 4) is 22.6 Å². The minimum Gasteiger partial charge on any atom is -0.463 e. The number of rotatable bonds is 5. The van der Waals surface area contributed by atoms with Gasteiger partial charge in [-0.1, -0.05) is 18.2 Å².